The molecule has 0 aromatic rings. The van der Waals surface area contributed by atoms with Gasteiger partial charge in [0.25, 0.3) is 0 Å². The van der Waals surface area contributed by atoms with Crippen LogP contribution in [0.1, 0.15) is 84.5 Å². The van der Waals surface area contributed by atoms with Crippen LogP contribution in [0.5, 0.6) is 0 Å². The smallest absolute Gasteiger partial charge is 0.342 e. The van der Waals surface area contributed by atoms with Gasteiger partial charge in [0.15, 0.2) is 0 Å². The second kappa shape index (κ2) is 14.3. The molecule has 2 aliphatic rings. The van der Waals surface area contributed by atoms with E-state index < -0.39 is 25.7 Å². The fourth-order valence-electron chi connectivity index (χ4n) is 4.01. The Balaban J connectivity index is 1.91. The normalized spacial score (nSPS) is 22.0. The van der Waals surface area contributed by atoms with Crippen molar-refractivity contribution >= 4 is 19.6 Å². The van der Waals surface area contributed by atoms with Crippen LogP contribution in [0.4, 0.5) is 0 Å². The molecule has 0 spiro atoms. The Bertz CT molecular complexity index is 617. The Morgan fingerprint density at radius 3 is 2.06 bits per heavy atom. The molecule has 0 radical (unpaired) electrons. The van der Waals surface area contributed by atoms with Gasteiger partial charge >= 0.3 is 19.6 Å². The summed E-state index contributed by atoms with van der Waals surface area (Å²) in [4.78, 5) is 24.8. The van der Waals surface area contributed by atoms with Crippen LogP contribution in [-0.2, 0) is 32.9 Å². The average Bonchev–Trinajstić information content (AvgIpc) is 2.80. The van der Waals surface area contributed by atoms with E-state index in [1.54, 1.807) is 14.0 Å². The fraction of sp³-hybridized carbons (Fsp3) is 0.909. The summed E-state index contributed by atoms with van der Waals surface area (Å²) in [6.45, 7) is 3.27. The summed E-state index contributed by atoms with van der Waals surface area (Å²) >= 11 is 0. The van der Waals surface area contributed by atoms with Gasteiger partial charge in [-0.2, -0.15) is 0 Å². The second-order valence-electron chi connectivity index (χ2n) is 8.75. The van der Waals surface area contributed by atoms with Crippen LogP contribution < -0.4 is 10.2 Å². The lowest BCUT2D eigenvalue weighted by Crippen LogP contribution is -2.41. The number of nitrogens with one attached hydrogen (secondary N) is 2. The molecular weight excluding hydrogens is 435 g/mol. The standard InChI is InChI=1S/C22H41N2O7P/c1-4-18(28-3)16-29-32(27,23-15-21(25)30-19-11-7-5-8-12-19)24-17(2)22(26)31-20-13-9-6-10-14-20/h17-20H,4-16H2,1-3H3,(H2,23,24,27). The molecule has 186 valence electrons. The van der Waals surface area contributed by atoms with Crippen LogP contribution in [-0.4, -0.2) is 56.6 Å². The van der Waals surface area contributed by atoms with Crippen molar-refractivity contribution in [2.75, 3.05) is 20.3 Å². The summed E-state index contributed by atoms with van der Waals surface area (Å²) in [5, 5.41) is 5.39. The molecule has 0 aromatic heterocycles. The number of ether oxygens (including phenoxy) is 3. The molecule has 0 amide bonds. The zero-order chi connectivity index (χ0) is 23.4. The number of methoxy groups -OCH3 is 1. The summed E-state index contributed by atoms with van der Waals surface area (Å²) in [5.74, 6) is -0.968. The molecule has 2 rings (SSSR count). The van der Waals surface area contributed by atoms with Gasteiger partial charge in [-0.3, -0.25) is 14.2 Å². The average molecular weight is 477 g/mol. The number of rotatable bonds is 13. The molecule has 0 aliphatic heterocycles. The number of hydrogen-bond acceptors (Lipinski definition) is 7. The van der Waals surface area contributed by atoms with E-state index in [1.807, 2.05) is 6.92 Å². The fourth-order valence-corrected chi connectivity index (χ4v) is 5.59. The van der Waals surface area contributed by atoms with Crippen LogP contribution >= 0.6 is 7.67 Å². The topological polar surface area (TPSA) is 112 Å². The molecular formula is C22H41N2O7P. The third-order valence-corrected chi connectivity index (χ3v) is 7.88. The quantitative estimate of drug-likeness (QED) is 0.302. The van der Waals surface area contributed by atoms with Crippen LogP contribution in [0.25, 0.3) is 0 Å². The lowest BCUT2D eigenvalue weighted by Gasteiger charge is -2.27. The highest BCUT2D eigenvalue weighted by molar-refractivity contribution is 7.54. The maximum absolute atomic E-state index is 13.4. The van der Waals surface area contributed by atoms with Gasteiger partial charge in [-0.25, -0.2) is 10.2 Å². The number of esters is 2. The van der Waals surface area contributed by atoms with Crippen molar-refractivity contribution in [2.45, 2.75) is 109 Å². The molecule has 2 fully saturated rings. The van der Waals surface area contributed by atoms with Crippen molar-refractivity contribution in [3.63, 3.8) is 0 Å². The van der Waals surface area contributed by atoms with E-state index in [0.717, 1.165) is 64.2 Å². The van der Waals surface area contributed by atoms with E-state index in [0.29, 0.717) is 6.42 Å². The van der Waals surface area contributed by atoms with Crippen molar-refractivity contribution < 1.29 is 32.9 Å². The maximum atomic E-state index is 13.4. The highest BCUT2D eigenvalue weighted by Gasteiger charge is 2.32. The zero-order valence-electron chi connectivity index (χ0n) is 19.8. The van der Waals surface area contributed by atoms with Gasteiger partial charge in [0.1, 0.15) is 24.8 Å². The first-order chi connectivity index (χ1) is 15.3. The summed E-state index contributed by atoms with van der Waals surface area (Å²) in [7, 11) is -2.20. The summed E-state index contributed by atoms with van der Waals surface area (Å²) < 4.78 is 35.4. The van der Waals surface area contributed by atoms with Crippen LogP contribution in [0, 0.1) is 0 Å². The lowest BCUT2D eigenvalue weighted by molar-refractivity contribution is -0.152. The molecule has 2 N–H and O–H groups in total. The van der Waals surface area contributed by atoms with E-state index in [-0.39, 0.29) is 31.5 Å². The highest BCUT2D eigenvalue weighted by Crippen LogP contribution is 2.38. The summed E-state index contributed by atoms with van der Waals surface area (Å²) in [6.07, 6.45) is 10.1. The van der Waals surface area contributed by atoms with E-state index in [9.17, 15) is 14.2 Å². The number of hydrogen-bond donors (Lipinski definition) is 2. The third-order valence-electron chi connectivity index (χ3n) is 6.06. The molecule has 0 saturated heterocycles. The lowest BCUT2D eigenvalue weighted by atomic mass is 9.98. The summed E-state index contributed by atoms with van der Waals surface area (Å²) in [5.41, 5.74) is 0. The zero-order valence-corrected chi connectivity index (χ0v) is 20.7. The SMILES string of the molecule is CCC(COP(=O)(NCC(=O)OC1CCCCC1)NC(C)C(=O)OC1CCCCC1)OC. The van der Waals surface area contributed by atoms with Gasteiger partial charge in [0.05, 0.1) is 12.7 Å². The van der Waals surface area contributed by atoms with Crippen molar-refractivity contribution in [1.82, 2.24) is 10.2 Å². The first kappa shape index (κ1) is 27.3. The Kier molecular flexibility index (Phi) is 12.2. The molecule has 2 saturated carbocycles. The van der Waals surface area contributed by atoms with E-state index in [4.69, 9.17) is 18.7 Å². The van der Waals surface area contributed by atoms with Crippen molar-refractivity contribution in [3.8, 4) is 0 Å². The van der Waals surface area contributed by atoms with Crippen molar-refractivity contribution in [1.29, 1.82) is 0 Å². The number of carbonyl (C=O) groups excluding carboxylic acids is 2. The predicted molar refractivity (Wildman–Crippen MR) is 121 cm³/mol. The minimum absolute atomic E-state index is 0.0480. The van der Waals surface area contributed by atoms with Gasteiger partial charge in [-0.1, -0.05) is 19.8 Å². The van der Waals surface area contributed by atoms with Gasteiger partial charge in [0, 0.05) is 7.11 Å². The molecule has 32 heavy (non-hydrogen) atoms. The highest BCUT2D eigenvalue weighted by atomic mass is 31.2. The molecule has 0 heterocycles. The van der Waals surface area contributed by atoms with Gasteiger partial charge in [-0.15, -0.1) is 0 Å². The predicted octanol–water partition coefficient (Wildman–Crippen LogP) is 3.86. The molecule has 3 unspecified atom stereocenters. The minimum Gasteiger partial charge on any atom is -0.461 e. The Labute approximate surface area is 192 Å². The van der Waals surface area contributed by atoms with E-state index in [1.165, 1.54) is 0 Å². The molecule has 0 aromatic carbocycles. The molecule has 9 nitrogen and oxygen atoms in total. The molecule has 2 aliphatic carbocycles. The summed E-state index contributed by atoms with van der Waals surface area (Å²) in [6, 6.07) is -0.868. The third kappa shape index (κ3) is 9.87. The Morgan fingerprint density at radius 2 is 1.53 bits per heavy atom. The van der Waals surface area contributed by atoms with Gasteiger partial charge < -0.3 is 18.7 Å². The van der Waals surface area contributed by atoms with E-state index in [2.05, 4.69) is 10.2 Å². The first-order valence-electron chi connectivity index (χ1n) is 12.1. The van der Waals surface area contributed by atoms with Crippen LogP contribution in [0.2, 0.25) is 0 Å². The maximum Gasteiger partial charge on any atom is 0.342 e. The second-order valence-corrected chi connectivity index (χ2v) is 10.7. The van der Waals surface area contributed by atoms with Gasteiger partial charge in [0.2, 0.25) is 0 Å². The molecule has 10 heteroatoms. The largest absolute Gasteiger partial charge is 0.461 e. The Morgan fingerprint density at radius 1 is 0.969 bits per heavy atom. The first-order valence-corrected chi connectivity index (χ1v) is 13.7. The molecule has 0 bridgehead atoms. The van der Waals surface area contributed by atoms with Crippen molar-refractivity contribution in [2.24, 2.45) is 0 Å². The van der Waals surface area contributed by atoms with Crippen molar-refractivity contribution in [3.05, 3.63) is 0 Å². The molecule has 3 atom stereocenters. The Hall–Kier alpha value is -0.990. The number of carbonyl (C=O) groups is 2. The van der Waals surface area contributed by atoms with Gasteiger partial charge in [-0.05, 0) is 64.7 Å². The van der Waals surface area contributed by atoms with E-state index >= 15 is 0 Å². The minimum atomic E-state index is -3.75. The van der Waals surface area contributed by atoms with Crippen LogP contribution in [0.3, 0.4) is 0 Å². The van der Waals surface area contributed by atoms with Crippen LogP contribution in [0.15, 0.2) is 0 Å². The monoisotopic (exact) mass is 476 g/mol.